The molecule has 0 aliphatic carbocycles. The fourth-order valence-electron chi connectivity index (χ4n) is 1.65. The van der Waals surface area contributed by atoms with Crippen LogP contribution in [0, 0.1) is 0 Å². The second kappa shape index (κ2) is 6.77. The monoisotopic (exact) mass is 255 g/mol. The number of unbranched alkanes of at least 4 members (excludes halogenated alkanes) is 1. The largest absolute Gasteiger partial charge is 0.330 e. The van der Waals surface area contributed by atoms with E-state index in [4.69, 9.17) is 5.73 Å². The zero-order chi connectivity index (χ0) is 12.7. The van der Waals surface area contributed by atoms with Gasteiger partial charge in [-0.1, -0.05) is 24.3 Å². The molecule has 0 spiro atoms. The summed E-state index contributed by atoms with van der Waals surface area (Å²) in [5.41, 5.74) is 7.81. The minimum atomic E-state index is -2.86. The fourth-order valence-corrected chi connectivity index (χ4v) is 2.26. The minimum Gasteiger partial charge on any atom is -0.330 e. The lowest BCUT2D eigenvalue weighted by molar-refractivity contribution is 0.601. The molecule has 1 aromatic carbocycles. The zero-order valence-electron chi connectivity index (χ0n) is 10.4. The second-order valence-electron chi connectivity index (χ2n) is 4.44. The van der Waals surface area contributed by atoms with Crippen LogP contribution in [0.2, 0.25) is 0 Å². The average molecular weight is 255 g/mol. The van der Waals surface area contributed by atoms with Crippen molar-refractivity contribution < 1.29 is 8.42 Å². The Morgan fingerprint density at radius 1 is 1.00 bits per heavy atom. The summed E-state index contributed by atoms with van der Waals surface area (Å²) in [7, 11) is -2.86. The number of hydrogen-bond acceptors (Lipinski definition) is 3. The normalized spacial score (nSPS) is 11.6. The Hall–Kier alpha value is -0.870. The lowest BCUT2D eigenvalue weighted by atomic mass is 10.1. The second-order valence-corrected chi connectivity index (χ2v) is 6.70. The summed E-state index contributed by atoms with van der Waals surface area (Å²) in [5.74, 6) is 0.222. The van der Waals surface area contributed by atoms with Crippen molar-refractivity contribution in [2.24, 2.45) is 5.73 Å². The highest BCUT2D eigenvalue weighted by atomic mass is 32.2. The van der Waals surface area contributed by atoms with Gasteiger partial charge in [-0.05, 0) is 43.4 Å². The zero-order valence-corrected chi connectivity index (χ0v) is 11.2. The van der Waals surface area contributed by atoms with Gasteiger partial charge in [0.25, 0.3) is 0 Å². The van der Waals surface area contributed by atoms with Crippen LogP contribution in [0.15, 0.2) is 24.3 Å². The van der Waals surface area contributed by atoms with E-state index < -0.39 is 9.84 Å². The molecule has 4 heteroatoms. The molecule has 0 saturated carbocycles. The summed E-state index contributed by atoms with van der Waals surface area (Å²) in [6.07, 6.45) is 5.08. The van der Waals surface area contributed by atoms with Gasteiger partial charge in [0, 0.05) is 6.26 Å². The van der Waals surface area contributed by atoms with Crippen molar-refractivity contribution in [1.82, 2.24) is 0 Å². The molecule has 0 saturated heterocycles. The van der Waals surface area contributed by atoms with Crippen LogP contribution in [0.5, 0.6) is 0 Å². The molecule has 0 aliphatic heterocycles. The predicted octanol–water partition coefficient (Wildman–Crippen LogP) is 1.56. The Morgan fingerprint density at radius 3 is 2.00 bits per heavy atom. The smallest absolute Gasteiger partial charge is 0.147 e. The van der Waals surface area contributed by atoms with Gasteiger partial charge in [-0.15, -0.1) is 0 Å². The Labute approximate surface area is 104 Å². The Balaban J connectivity index is 2.44. The van der Waals surface area contributed by atoms with Crippen LogP contribution >= 0.6 is 0 Å². The van der Waals surface area contributed by atoms with E-state index >= 15 is 0 Å². The van der Waals surface area contributed by atoms with Crippen LogP contribution in [-0.2, 0) is 22.7 Å². The molecule has 3 nitrogen and oxygen atoms in total. The highest BCUT2D eigenvalue weighted by Gasteiger charge is 2.02. The van der Waals surface area contributed by atoms with Crippen molar-refractivity contribution in [3.8, 4) is 0 Å². The maximum Gasteiger partial charge on any atom is 0.147 e. The first-order valence-electron chi connectivity index (χ1n) is 5.97. The molecule has 0 bridgehead atoms. The quantitative estimate of drug-likeness (QED) is 0.752. The van der Waals surface area contributed by atoms with Crippen LogP contribution in [0.25, 0.3) is 0 Å². The van der Waals surface area contributed by atoms with Gasteiger partial charge in [0.2, 0.25) is 0 Å². The van der Waals surface area contributed by atoms with Gasteiger partial charge in [0.15, 0.2) is 0 Å². The molecule has 0 atom stereocenters. The fraction of sp³-hybridized carbons (Fsp3) is 0.538. The van der Waals surface area contributed by atoms with Crippen molar-refractivity contribution in [3.05, 3.63) is 35.4 Å². The number of benzene rings is 1. The van der Waals surface area contributed by atoms with Gasteiger partial charge in [-0.2, -0.15) is 0 Å². The summed E-state index contributed by atoms with van der Waals surface area (Å²) in [6.45, 7) is 0.743. The summed E-state index contributed by atoms with van der Waals surface area (Å²) in [5, 5.41) is 0. The van der Waals surface area contributed by atoms with E-state index in [9.17, 15) is 8.42 Å². The predicted molar refractivity (Wildman–Crippen MR) is 71.8 cm³/mol. The van der Waals surface area contributed by atoms with E-state index in [1.165, 1.54) is 11.8 Å². The summed E-state index contributed by atoms with van der Waals surface area (Å²) < 4.78 is 22.1. The minimum absolute atomic E-state index is 0.222. The molecule has 96 valence electrons. The van der Waals surface area contributed by atoms with Gasteiger partial charge in [0.1, 0.15) is 9.84 Å². The summed E-state index contributed by atoms with van der Waals surface area (Å²) in [4.78, 5) is 0. The molecule has 0 heterocycles. The van der Waals surface area contributed by atoms with Gasteiger partial charge in [0.05, 0.1) is 5.75 Å². The molecule has 0 fully saturated rings. The first-order valence-corrected chi connectivity index (χ1v) is 8.03. The number of sulfone groups is 1. The lowest BCUT2D eigenvalue weighted by Crippen LogP contribution is -2.05. The Morgan fingerprint density at radius 2 is 1.53 bits per heavy atom. The van der Waals surface area contributed by atoms with Gasteiger partial charge in [-0.25, -0.2) is 8.42 Å². The first-order chi connectivity index (χ1) is 8.01. The van der Waals surface area contributed by atoms with E-state index in [0.717, 1.165) is 31.4 Å². The molecule has 0 amide bonds. The summed E-state index contributed by atoms with van der Waals surface area (Å²) >= 11 is 0. The van der Waals surface area contributed by atoms with Crippen molar-refractivity contribution >= 4 is 9.84 Å². The maximum absolute atomic E-state index is 11.0. The summed E-state index contributed by atoms with van der Waals surface area (Å²) in [6, 6.07) is 8.19. The molecule has 1 aromatic rings. The maximum atomic E-state index is 11.0. The number of aryl methyl sites for hydroxylation is 2. The Bertz CT molecular complexity index is 423. The Kier molecular flexibility index (Phi) is 5.65. The lowest BCUT2D eigenvalue weighted by Gasteiger charge is -2.03. The van der Waals surface area contributed by atoms with Crippen molar-refractivity contribution in [2.75, 3.05) is 18.6 Å². The van der Waals surface area contributed by atoms with Crippen LogP contribution in [0.4, 0.5) is 0 Å². The number of rotatable bonds is 7. The van der Waals surface area contributed by atoms with Crippen LogP contribution in [-0.4, -0.2) is 27.0 Å². The van der Waals surface area contributed by atoms with Crippen molar-refractivity contribution in [1.29, 1.82) is 0 Å². The molecule has 0 unspecified atom stereocenters. The van der Waals surface area contributed by atoms with E-state index in [2.05, 4.69) is 12.1 Å². The molecule has 2 N–H and O–H groups in total. The molecule has 0 aromatic heterocycles. The molecule has 1 rings (SSSR count). The van der Waals surface area contributed by atoms with Crippen LogP contribution < -0.4 is 5.73 Å². The van der Waals surface area contributed by atoms with E-state index in [1.807, 2.05) is 12.1 Å². The van der Waals surface area contributed by atoms with Gasteiger partial charge < -0.3 is 5.73 Å². The van der Waals surface area contributed by atoms with Crippen LogP contribution in [0.3, 0.4) is 0 Å². The standard InChI is InChI=1S/C13H21NO2S/c1-17(15,16)11-9-13-7-5-12(6-8-13)4-2-3-10-14/h5-8H,2-4,9-11,14H2,1H3. The first kappa shape index (κ1) is 14.2. The highest BCUT2D eigenvalue weighted by molar-refractivity contribution is 7.90. The van der Waals surface area contributed by atoms with Crippen molar-refractivity contribution in [3.63, 3.8) is 0 Å². The average Bonchev–Trinajstić information content (AvgIpc) is 2.27. The van der Waals surface area contributed by atoms with E-state index in [-0.39, 0.29) is 5.75 Å². The third-order valence-corrected chi connectivity index (χ3v) is 3.65. The number of nitrogens with two attached hydrogens (primary N) is 1. The molecular weight excluding hydrogens is 234 g/mol. The molecular formula is C13H21NO2S. The molecule has 0 radical (unpaired) electrons. The van der Waals surface area contributed by atoms with E-state index in [0.29, 0.717) is 6.42 Å². The number of hydrogen-bond donors (Lipinski definition) is 1. The van der Waals surface area contributed by atoms with Gasteiger partial charge in [-0.3, -0.25) is 0 Å². The van der Waals surface area contributed by atoms with Crippen LogP contribution in [0.1, 0.15) is 24.0 Å². The third kappa shape index (κ3) is 6.44. The molecule has 17 heavy (non-hydrogen) atoms. The van der Waals surface area contributed by atoms with E-state index in [1.54, 1.807) is 0 Å². The highest BCUT2D eigenvalue weighted by Crippen LogP contribution is 2.09. The SMILES string of the molecule is CS(=O)(=O)CCc1ccc(CCCCN)cc1. The van der Waals surface area contributed by atoms with Crippen molar-refractivity contribution in [2.45, 2.75) is 25.7 Å². The molecule has 0 aliphatic rings. The topological polar surface area (TPSA) is 60.2 Å². The third-order valence-electron chi connectivity index (χ3n) is 2.70. The van der Waals surface area contributed by atoms with Gasteiger partial charge >= 0.3 is 0 Å².